The molecule has 1 N–H and O–H groups in total. The SMILES string of the molecule is C[C@H]1[C@H](NC(=O)c2ccc(Oc3cc(Cl)co3)cc2)C2CCN1CC2. The number of piperidine rings is 3. The summed E-state index contributed by atoms with van der Waals surface area (Å²) in [7, 11) is 0. The van der Waals surface area contributed by atoms with Gasteiger partial charge in [0.15, 0.2) is 0 Å². The quantitative estimate of drug-likeness (QED) is 0.897. The summed E-state index contributed by atoms with van der Waals surface area (Å²) in [6.07, 6.45) is 3.76. The molecule has 2 aromatic rings. The van der Waals surface area contributed by atoms with E-state index in [0.29, 0.717) is 34.2 Å². The van der Waals surface area contributed by atoms with Crippen LogP contribution in [0.4, 0.5) is 0 Å². The summed E-state index contributed by atoms with van der Waals surface area (Å²) in [6.45, 7) is 4.52. The number of benzene rings is 1. The van der Waals surface area contributed by atoms with Crippen LogP contribution < -0.4 is 10.1 Å². The van der Waals surface area contributed by atoms with Crippen LogP contribution in [-0.2, 0) is 0 Å². The standard InChI is InChI=1S/C19H21ClN2O3/c1-12-18(13-6-8-22(12)9-7-13)21-19(23)14-2-4-16(5-3-14)25-17-10-15(20)11-24-17/h2-5,10-13,18H,6-9H2,1H3,(H,21,23)/t12-,18-/m0/s1. The van der Waals surface area contributed by atoms with Crippen LogP contribution in [-0.4, -0.2) is 36.0 Å². The monoisotopic (exact) mass is 360 g/mol. The topological polar surface area (TPSA) is 54.7 Å². The average Bonchev–Trinajstić information content (AvgIpc) is 3.04. The summed E-state index contributed by atoms with van der Waals surface area (Å²) >= 11 is 5.79. The summed E-state index contributed by atoms with van der Waals surface area (Å²) in [6, 6.07) is 9.27. The van der Waals surface area contributed by atoms with Gasteiger partial charge in [-0.25, -0.2) is 0 Å². The smallest absolute Gasteiger partial charge is 0.291 e. The number of hydrogen-bond donors (Lipinski definition) is 1. The maximum atomic E-state index is 12.6. The minimum absolute atomic E-state index is 0.0295. The predicted molar refractivity (Wildman–Crippen MR) is 95.2 cm³/mol. The second-order valence-electron chi connectivity index (χ2n) is 6.82. The number of furan rings is 1. The van der Waals surface area contributed by atoms with E-state index in [1.165, 1.54) is 19.1 Å². The van der Waals surface area contributed by atoms with Gasteiger partial charge in [-0.15, -0.1) is 0 Å². The van der Waals surface area contributed by atoms with Gasteiger partial charge in [0.1, 0.15) is 12.0 Å². The van der Waals surface area contributed by atoms with Gasteiger partial charge in [0, 0.05) is 23.7 Å². The van der Waals surface area contributed by atoms with E-state index in [2.05, 4.69) is 17.1 Å². The first-order chi connectivity index (χ1) is 12.1. The highest BCUT2D eigenvalue weighted by molar-refractivity contribution is 6.30. The number of fused-ring (bicyclic) bond motifs is 3. The van der Waals surface area contributed by atoms with Crippen molar-refractivity contribution >= 4 is 17.5 Å². The Balaban J connectivity index is 1.40. The van der Waals surface area contributed by atoms with Crippen LogP contribution in [0, 0.1) is 5.92 Å². The molecule has 0 aliphatic carbocycles. The summed E-state index contributed by atoms with van der Waals surface area (Å²) in [5.74, 6) is 1.48. The maximum absolute atomic E-state index is 12.6. The van der Waals surface area contributed by atoms with E-state index >= 15 is 0 Å². The Kier molecular flexibility index (Phi) is 4.44. The third-order valence-electron chi connectivity index (χ3n) is 5.35. The molecule has 0 saturated carbocycles. The molecule has 1 aromatic heterocycles. The second-order valence-corrected chi connectivity index (χ2v) is 7.26. The molecule has 25 heavy (non-hydrogen) atoms. The van der Waals surface area contributed by atoms with Crippen LogP contribution in [0.25, 0.3) is 0 Å². The average molecular weight is 361 g/mol. The third-order valence-corrected chi connectivity index (χ3v) is 5.55. The zero-order chi connectivity index (χ0) is 17.4. The van der Waals surface area contributed by atoms with Gasteiger partial charge in [-0.3, -0.25) is 9.69 Å². The number of ether oxygens (including phenoxy) is 1. The Morgan fingerprint density at radius 3 is 2.60 bits per heavy atom. The molecular weight excluding hydrogens is 340 g/mol. The van der Waals surface area contributed by atoms with Gasteiger partial charge >= 0.3 is 0 Å². The molecule has 0 radical (unpaired) electrons. The number of hydrogen-bond acceptors (Lipinski definition) is 4. The van der Waals surface area contributed by atoms with Gasteiger partial charge < -0.3 is 14.5 Å². The zero-order valence-corrected chi connectivity index (χ0v) is 14.8. The molecule has 4 heterocycles. The lowest BCUT2D eigenvalue weighted by Gasteiger charge is -2.49. The first kappa shape index (κ1) is 16.5. The van der Waals surface area contributed by atoms with Crippen molar-refractivity contribution in [2.24, 2.45) is 5.92 Å². The Hall–Kier alpha value is -1.98. The molecular formula is C19H21ClN2O3. The van der Waals surface area contributed by atoms with Gasteiger partial charge in [-0.05, 0) is 63.0 Å². The van der Waals surface area contributed by atoms with Crippen molar-refractivity contribution in [1.82, 2.24) is 10.2 Å². The highest BCUT2D eigenvalue weighted by Crippen LogP contribution is 2.32. The van der Waals surface area contributed by atoms with Gasteiger partial charge in [-0.2, -0.15) is 0 Å². The summed E-state index contributed by atoms with van der Waals surface area (Å²) in [5, 5.41) is 3.72. The lowest BCUT2D eigenvalue weighted by Crippen LogP contribution is -2.62. The number of halogens is 1. The van der Waals surface area contributed by atoms with Crippen LogP contribution in [0.15, 0.2) is 41.0 Å². The molecule has 2 bridgehead atoms. The fourth-order valence-electron chi connectivity index (χ4n) is 3.92. The lowest BCUT2D eigenvalue weighted by atomic mass is 9.79. The van der Waals surface area contributed by atoms with E-state index in [-0.39, 0.29) is 11.9 Å². The van der Waals surface area contributed by atoms with Crippen LogP contribution in [0.1, 0.15) is 30.1 Å². The molecule has 3 aliphatic rings. The fraction of sp³-hybridized carbons (Fsp3) is 0.421. The second kappa shape index (κ2) is 6.73. The first-order valence-corrected chi connectivity index (χ1v) is 9.05. The summed E-state index contributed by atoms with van der Waals surface area (Å²) in [5.41, 5.74) is 0.633. The largest absolute Gasteiger partial charge is 0.432 e. The molecule has 2 atom stereocenters. The van der Waals surface area contributed by atoms with E-state index in [1.807, 2.05) is 0 Å². The van der Waals surface area contributed by atoms with E-state index in [4.69, 9.17) is 20.8 Å². The van der Waals surface area contributed by atoms with Gasteiger partial charge in [0.25, 0.3) is 11.9 Å². The van der Waals surface area contributed by atoms with Crippen LogP contribution in [0.2, 0.25) is 5.02 Å². The van der Waals surface area contributed by atoms with Gasteiger partial charge in [-0.1, -0.05) is 11.6 Å². The zero-order valence-electron chi connectivity index (χ0n) is 14.1. The van der Waals surface area contributed by atoms with Gasteiger partial charge in [0.05, 0.1) is 5.02 Å². The molecule has 1 aromatic carbocycles. The Bertz CT molecular complexity index is 748. The van der Waals surface area contributed by atoms with E-state index in [9.17, 15) is 4.79 Å². The van der Waals surface area contributed by atoms with Crippen molar-refractivity contribution in [3.8, 4) is 11.7 Å². The molecule has 5 rings (SSSR count). The maximum Gasteiger partial charge on any atom is 0.291 e. The molecule has 5 nitrogen and oxygen atoms in total. The van der Waals surface area contributed by atoms with Crippen LogP contribution in [0.3, 0.4) is 0 Å². The number of rotatable bonds is 4. The van der Waals surface area contributed by atoms with Crippen molar-refractivity contribution < 1.29 is 13.9 Å². The number of carbonyl (C=O) groups is 1. The molecule has 3 aliphatic heterocycles. The van der Waals surface area contributed by atoms with E-state index in [0.717, 1.165) is 13.1 Å². The molecule has 1 amide bonds. The number of nitrogens with zero attached hydrogens (tertiary/aromatic N) is 1. The lowest BCUT2D eigenvalue weighted by molar-refractivity contribution is 0.0217. The Morgan fingerprint density at radius 2 is 2.00 bits per heavy atom. The van der Waals surface area contributed by atoms with Gasteiger partial charge in [0.2, 0.25) is 0 Å². The normalized spacial score (nSPS) is 27.9. The van der Waals surface area contributed by atoms with E-state index in [1.54, 1.807) is 30.3 Å². The summed E-state index contributed by atoms with van der Waals surface area (Å²) < 4.78 is 10.7. The molecule has 0 spiro atoms. The van der Waals surface area contributed by atoms with Crippen molar-refractivity contribution in [1.29, 1.82) is 0 Å². The first-order valence-electron chi connectivity index (χ1n) is 8.67. The highest BCUT2D eigenvalue weighted by atomic mass is 35.5. The molecule has 3 saturated heterocycles. The molecule has 6 heteroatoms. The highest BCUT2D eigenvalue weighted by Gasteiger charge is 2.40. The van der Waals surface area contributed by atoms with Crippen LogP contribution >= 0.6 is 11.6 Å². The molecule has 3 fully saturated rings. The summed E-state index contributed by atoms with van der Waals surface area (Å²) in [4.78, 5) is 15.1. The van der Waals surface area contributed by atoms with E-state index < -0.39 is 0 Å². The van der Waals surface area contributed by atoms with Crippen molar-refractivity contribution in [2.75, 3.05) is 13.1 Å². The minimum atomic E-state index is -0.0295. The van der Waals surface area contributed by atoms with Crippen molar-refractivity contribution in [3.05, 3.63) is 47.2 Å². The molecule has 132 valence electrons. The Labute approximate surface area is 151 Å². The third kappa shape index (κ3) is 3.39. The number of nitrogens with one attached hydrogen (secondary N) is 1. The predicted octanol–water partition coefficient (Wildman–Crippen LogP) is 3.94. The molecule has 0 unspecified atom stereocenters. The minimum Gasteiger partial charge on any atom is -0.432 e. The fourth-order valence-corrected chi connectivity index (χ4v) is 4.05. The number of amides is 1. The van der Waals surface area contributed by atoms with Crippen molar-refractivity contribution in [2.45, 2.75) is 31.8 Å². The Morgan fingerprint density at radius 1 is 1.28 bits per heavy atom. The number of carbonyl (C=O) groups excluding carboxylic acids is 1. The van der Waals surface area contributed by atoms with Crippen LogP contribution in [0.5, 0.6) is 11.7 Å². The van der Waals surface area contributed by atoms with Crippen molar-refractivity contribution in [3.63, 3.8) is 0 Å².